The molecular formula is C24H32O4. The quantitative estimate of drug-likeness (QED) is 0.610. The van der Waals surface area contributed by atoms with Gasteiger partial charge in [-0.2, -0.15) is 0 Å². The lowest BCUT2D eigenvalue weighted by Crippen LogP contribution is -2.21. The van der Waals surface area contributed by atoms with Gasteiger partial charge < -0.3 is 19.3 Å². The van der Waals surface area contributed by atoms with Gasteiger partial charge in [-0.05, 0) is 47.7 Å². The number of hydrogen-bond acceptors (Lipinski definition) is 4. The van der Waals surface area contributed by atoms with E-state index in [0.717, 1.165) is 30.1 Å². The SMILES string of the molecule is CC(C)CC(O)COc1cccc(C(C)(C)c2cccc(OCC3CO3)c2)c1. The Morgan fingerprint density at radius 3 is 2.14 bits per heavy atom. The summed E-state index contributed by atoms with van der Waals surface area (Å²) < 4.78 is 16.9. The molecule has 0 spiro atoms. The summed E-state index contributed by atoms with van der Waals surface area (Å²) in [6.07, 6.45) is 0.543. The summed E-state index contributed by atoms with van der Waals surface area (Å²) >= 11 is 0. The fourth-order valence-electron chi connectivity index (χ4n) is 3.27. The predicted molar refractivity (Wildman–Crippen MR) is 111 cm³/mol. The number of ether oxygens (including phenoxy) is 3. The summed E-state index contributed by atoms with van der Waals surface area (Å²) in [5.74, 6) is 2.10. The molecule has 1 N–H and O–H groups in total. The molecule has 152 valence electrons. The molecule has 28 heavy (non-hydrogen) atoms. The highest BCUT2D eigenvalue weighted by molar-refractivity contribution is 5.43. The first-order valence-corrected chi connectivity index (χ1v) is 10.1. The van der Waals surface area contributed by atoms with Crippen molar-refractivity contribution in [2.75, 3.05) is 19.8 Å². The van der Waals surface area contributed by atoms with Gasteiger partial charge >= 0.3 is 0 Å². The van der Waals surface area contributed by atoms with E-state index < -0.39 is 6.10 Å². The Hall–Kier alpha value is -2.04. The fourth-order valence-corrected chi connectivity index (χ4v) is 3.27. The highest BCUT2D eigenvalue weighted by Gasteiger charge is 2.26. The maximum absolute atomic E-state index is 10.1. The van der Waals surface area contributed by atoms with Crippen molar-refractivity contribution in [3.05, 3.63) is 59.7 Å². The third-order valence-corrected chi connectivity index (χ3v) is 5.14. The molecule has 1 saturated heterocycles. The minimum Gasteiger partial charge on any atom is -0.491 e. The first-order chi connectivity index (χ1) is 13.3. The molecule has 0 aliphatic carbocycles. The van der Waals surface area contributed by atoms with Crippen LogP contribution in [0.4, 0.5) is 0 Å². The van der Waals surface area contributed by atoms with Gasteiger partial charge in [-0.15, -0.1) is 0 Å². The predicted octanol–water partition coefficient (Wildman–Crippen LogP) is 4.58. The van der Waals surface area contributed by atoms with Gasteiger partial charge in [-0.25, -0.2) is 0 Å². The minimum atomic E-state index is -0.444. The molecule has 2 aromatic rings. The molecule has 0 amide bonds. The normalized spacial score (nSPS) is 17.4. The van der Waals surface area contributed by atoms with Gasteiger partial charge in [0.1, 0.15) is 30.8 Å². The van der Waals surface area contributed by atoms with E-state index in [9.17, 15) is 5.11 Å². The smallest absolute Gasteiger partial charge is 0.119 e. The van der Waals surface area contributed by atoms with Crippen LogP contribution in [-0.2, 0) is 10.2 Å². The first-order valence-electron chi connectivity index (χ1n) is 10.1. The van der Waals surface area contributed by atoms with Crippen LogP contribution in [0.25, 0.3) is 0 Å². The summed E-state index contributed by atoms with van der Waals surface area (Å²) in [6, 6.07) is 16.4. The summed E-state index contributed by atoms with van der Waals surface area (Å²) in [4.78, 5) is 0. The topological polar surface area (TPSA) is 51.2 Å². The summed E-state index contributed by atoms with van der Waals surface area (Å²) in [5.41, 5.74) is 2.13. The Morgan fingerprint density at radius 2 is 1.61 bits per heavy atom. The van der Waals surface area contributed by atoms with Crippen molar-refractivity contribution in [2.45, 2.75) is 51.7 Å². The Morgan fingerprint density at radius 1 is 1.04 bits per heavy atom. The maximum atomic E-state index is 10.1. The van der Waals surface area contributed by atoms with Crippen molar-refractivity contribution < 1.29 is 19.3 Å². The fraction of sp³-hybridized carbons (Fsp3) is 0.500. The molecule has 1 fully saturated rings. The zero-order valence-corrected chi connectivity index (χ0v) is 17.4. The van der Waals surface area contributed by atoms with Crippen molar-refractivity contribution in [1.29, 1.82) is 0 Å². The third-order valence-electron chi connectivity index (χ3n) is 5.14. The molecule has 0 bridgehead atoms. The molecule has 1 aliphatic rings. The molecule has 0 aromatic heterocycles. The summed E-state index contributed by atoms with van der Waals surface area (Å²) in [6.45, 7) is 10.3. The van der Waals surface area contributed by atoms with Crippen molar-refractivity contribution in [1.82, 2.24) is 0 Å². The average molecular weight is 385 g/mol. The van der Waals surface area contributed by atoms with Gasteiger partial charge in [-0.1, -0.05) is 52.0 Å². The Bertz CT molecular complexity index is 765. The second-order valence-electron chi connectivity index (χ2n) is 8.54. The molecule has 2 aromatic carbocycles. The summed E-state index contributed by atoms with van der Waals surface area (Å²) in [7, 11) is 0. The zero-order chi connectivity index (χ0) is 20.1. The molecule has 0 radical (unpaired) electrons. The summed E-state index contributed by atoms with van der Waals surface area (Å²) in [5, 5.41) is 10.1. The Labute approximate surface area is 168 Å². The minimum absolute atomic E-state index is 0.203. The van der Waals surface area contributed by atoms with Crippen molar-refractivity contribution in [3.8, 4) is 11.5 Å². The monoisotopic (exact) mass is 384 g/mol. The molecule has 4 heteroatoms. The van der Waals surface area contributed by atoms with E-state index in [1.165, 1.54) is 5.56 Å². The standard InChI is InChI=1S/C24H32O4/c1-17(2)11-20(25)14-26-21-9-5-7-18(12-21)24(3,4)19-8-6-10-22(13-19)27-15-23-16-28-23/h5-10,12-13,17,20,23,25H,11,14-16H2,1-4H3. The van der Waals surface area contributed by atoms with Crippen LogP contribution in [0.5, 0.6) is 11.5 Å². The largest absolute Gasteiger partial charge is 0.491 e. The molecule has 3 rings (SSSR count). The number of benzene rings is 2. The van der Waals surface area contributed by atoms with Crippen molar-refractivity contribution in [3.63, 3.8) is 0 Å². The van der Waals surface area contributed by atoms with Crippen LogP contribution in [0, 0.1) is 5.92 Å². The Balaban J connectivity index is 1.69. The first kappa shape index (κ1) is 20.7. The Kier molecular flexibility index (Phi) is 6.63. The van der Waals surface area contributed by atoms with Gasteiger partial charge in [-0.3, -0.25) is 0 Å². The lowest BCUT2D eigenvalue weighted by atomic mass is 9.78. The molecular weight excluding hydrogens is 352 g/mol. The zero-order valence-electron chi connectivity index (χ0n) is 17.4. The lowest BCUT2D eigenvalue weighted by molar-refractivity contribution is 0.0892. The van der Waals surface area contributed by atoms with Gasteiger partial charge in [0.05, 0.1) is 12.7 Å². The van der Waals surface area contributed by atoms with E-state index in [-0.39, 0.29) is 11.5 Å². The molecule has 1 heterocycles. The van der Waals surface area contributed by atoms with Crippen LogP contribution < -0.4 is 9.47 Å². The number of rotatable bonds is 10. The van der Waals surface area contributed by atoms with Crippen LogP contribution in [-0.4, -0.2) is 37.1 Å². The van der Waals surface area contributed by atoms with Crippen molar-refractivity contribution >= 4 is 0 Å². The van der Waals surface area contributed by atoms with Crippen LogP contribution in [0.1, 0.15) is 45.2 Å². The van der Waals surface area contributed by atoms with E-state index in [0.29, 0.717) is 19.1 Å². The number of hydrogen-bond donors (Lipinski definition) is 1. The highest BCUT2D eigenvalue weighted by Crippen LogP contribution is 2.35. The lowest BCUT2D eigenvalue weighted by Gasteiger charge is -2.27. The van der Waals surface area contributed by atoms with Crippen LogP contribution in [0.2, 0.25) is 0 Å². The van der Waals surface area contributed by atoms with E-state index in [4.69, 9.17) is 14.2 Å². The molecule has 4 nitrogen and oxygen atoms in total. The second kappa shape index (κ2) is 8.97. The van der Waals surface area contributed by atoms with E-state index >= 15 is 0 Å². The van der Waals surface area contributed by atoms with Gasteiger partial charge in [0.2, 0.25) is 0 Å². The van der Waals surface area contributed by atoms with Gasteiger partial charge in [0, 0.05) is 5.41 Å². The van der Waals surface area contributed by atoms with Crippen LogP contribution in [0.15, 0.2) is 48.5 Å². The molecule has 1 aliphatic heterocycles. The van der Waals surface area contributed by atoms with Gasteiger partial charge in [0.25, 0.3) is 0 Å². The number of aliphatic hydroxyl groups is 1. The number of aliphatic hydroxyl groups excluding tert-OH is 1. The number of epoxide rings is 1. The second-order valence-corrected chi connectivity index (χ2v) is 8.54. The van der Waals surface area contributed by atoms with E-state index in [1.807, 2.05) is 24.3 Å². The van der Waals surface area contributed by atoms with Crippen LogP contribution in [0.3, 0.4) is 0 Å². The van der Waals surface area contributed by atoms with Crippen molar-refractivity contribution in [2.24, 2.45) is 5.92 Å². The van der Waals surface area contributed by atoms with E-state index in [2.05, 4.69) is 52.0 Å². The molecule has 2 unspecified atom stereocenters. The maximum Gasteiger partial charge on any atom is 0.119 e. The van der Waals surface area contributed by atoms with Crippen LogP contribution >= 0.6 is 0 Å². The van der Waals surface area contributed by atoms with Gasteiger partial charge in [0.15, 0.2) is 0 Å². The average Bonchev–Trinajstić information content (AvgIpc) is 3.49. The molecule has 0 saturated carbocycles. The van der Waals surface area contributed by atoms with E-state index in [1.54, 1.807) is 0 Å². The molecule has 2 atom stereocenters. The third kappa shape index (κ3) is 5.73. The highest BCUT2D eigenvalue weighted by atomic mass is 16.6.